The Balaban J connectivity index is 2.39. The van der Waals surface area contributed by atoms with Crippen LogP contribution in [0, 0.1) is 5.82 Å². The van der Waals surface area contributed by atoms with Crippen LogP contribution in [0.1, 0.15) is 0 Å². The van der Waals surface area contributed by atoms with Crippen LogP contribution >= 0.6 is 0 Å². The van der Waals surface area contributed by atoms with E-state index in [-0.39, 0.29) is 5.82 Å². The zero-order valence-corrected chi connectivity index (χ0v) is 7.62. The normalized spacial score (nSPS) is 10.1. The highest BCUT2D eigenvalue weighted by Crippen LogP contribution is 2.19. The zero-order chi connectivity index (χ0) is 9.97. The third-order valence-electron chi connectivity index (χ3n) is 1.88. The SMILES string of the molecule is COc1ncc(-c2cccc(F)c2)[nH]1. The molecular formula is C10H9FN2O. The van der Waals surface area contributed by atoms with Crippen LogP contribution in [-0.4, -0.2) is 17.1 Å². The Morgan fingerprint density at radius 2 is 2.29 bits per heavy atom. The summed E-state index contributed by atoms with van der Waals surface area (Å²) < 4.78 is 17.8. The molecule has 0 amide bonds. The number of aromatic nitrogens is 2. The van der Waals surface area contributed by atoms with E-state index in [1.54, 1.807) is 18.3 Å². The minimum Gasteiger partial charge on any atom is -0.468 e. The van der Waals surface area contributed by atoms with Gasteiger partial charge in [0.25, 0.3) is 6.01 Å². The number of benzene rings is 1. The van der Waals surface area contributed by atoms with Gasteiger partial charge < -0.3 is 9.72 Å². The summed E-state index contributed by atoms with van der Waals surface area (Å²) in [5.41, 5.74) is 1.49. The largest absolute Gasteiger partial charge is 0.468 e. The molecule has 72 valence electrons. The molecule has 4 heteroatoms. The molecule has 2 rings (SSSR count). The molecular weight excluding hydrogens is 183 g/mol. The number of hydrogen-bond donors (Lipinski definition) is 1. The molecule has 1 heterocycles. The second-order valence-electron chi connectivity index (χ2n) is 2.82. The molecule has 1 aromatic heterocycles. The van der Waals surface area contributed by atoms with Gasteiger partial charge in [0.05, 0.1) is 19.0 Å². The van der Waals surface area contributed by atoms with Crippen LogP contribution in [0.25, 0.3) is 11.3 Å². The van der Waals surface area contributed by atoms with E-state index in [9.17, 15) is 4.39 Å². The summed E-state index contributed by atoms with van der Waals surface area (Å²) in [6.45, 7) is 0. The number of nitrogens with zero attached hydrogens (tertiary/aromatic N) is 1. The summed E-state index contributed by atoms with van der Waals surface area (Å²) in [5, 5.41) is 0. The fourth-order valence-electron chi connectivity index (χ4n) is 1.21. The topological polar surface area (TPSA) is 37.9 Å². The molecule has 3 nitrogen and oxygen atoms in total. The lowest BCUT2D eigenvalue weighted by molar-refractivity contribution is 0.384. The van der Waals surface area contributed by atoms with Gasteiger partial charge >= 0.3 is 0 Å². The molecule has 0 saturated carbocycles. The van der Waals surface area contributed by atoms with Crippen LogP contribution in [0.15, 0.2) is 30.5 Å². The van der Waals surface area contributed by atoms with Crippen molar-refractivity contribution in [1.29, 1.82) is 0 Å². The van der Waals surface area contributed by atoms with E-state index in [0.29, 0.717) is 6.01 Å². The molecule has 0 aliphatic heterocycles. The number of imidazole rings is 1. The van der Waals surface area contributed by atoms with Gasteiger partial charge in [-0.05, 0) is 12.1 Å². The summed E-state index contributed by atoms with van der Waals surface area (Å²) in [6, 6.07) is 6.71. The smallest absolute Gasteiger partial charge is 0.293 e. The Bertz CT molecular complexity index is 439. The van der Waals surface area contributed by atoms with Crippen LogP contribution in [-0.2, 0) is 0 Å². The molecule has 0 spiro atoms. The Hall–Kier alpha value is -1.84. The van der Waals surface area contributed by atoms with E-state index in [4.69, 9.17) is 4.74 Å². The molecule has 1 N–H and O–H groups in total. The maximum atomic E-state index is 12.9. The van der Waals surface area contributed by atoms with E-state index in [1.165, 1.54) is 19.2 Å². The van der Waals surface area contributed by atoms with Gasteiger partial charge in [-0.1, -0.05) is 12.1 Å². The van der Waals surface area contributed by atoms with Crippen molar-refractivity contribution >= 4 is 0 Å². The van der Waals surface area contributed by atoms with Crippen LogP contribution < -0.4 is 4.74 Å². The quantitative estimate of drug-likeness (QED) is 0.792. The minimum atomic E-state index is -0.268. The molecule has 0 aliphatic rings. The highest BCUT2D eigenvalue weighted by molar-refractivity contribution is 5.58. The van der Waals surface area contributed by atoms with Gasteiger partial charge in [0.1, 0.15) is 5.82 Å². The second kappa shape index (κ2) is 3.49. The number of nitrogens with one attached hydrogen (secondary N) is 1. The second-order valence-corrected chi connectivity index (χ2v) is 2.82. The van der Waals surface area contributed by atoms with Crippen molar-refractivity contribution in [2.75, 3.05) is 7.11 Å². The predicted molar refractivity (Wildman–Crippen MR) is 50.5 cm³/mol. The number of hydrogen-bond acceptors (Lipinski definition) is 2. The molecule has 0 unspecified atom stereocenters. The molecule has 0 bridgehead atoms. The van der Waals surface area contributed by atoms with E-state index < -0.39 is 0 Å². The monoisotopic (exact) mass is 192 g/mol. The highest BCUT2D eigenvalue weighted by atomic mass is 19.1. The summed E-state index contributed by atoms with van der Waals surface area (Å²) in [4.78, 5) is 6.85. The Kier molecular flexibility index (Phi) is 2.18. The fourth-order valence-corrected chi connectivity index (χ4v) is 1.21. The van der Waals surface area contributed by atoms with Crippen molar-refractivity contribution in [2.24, 2.45) is 0 Å². The number of aromatic amines is 1. The van der Waals surface area contributed by atoms with Gasteiger partial charge in [0.2, 0.25) is 0 Å². The average molecular weight is 192 g/mol. The lowest BCUT2D eigenvalue weighted by atomic mass is 10.2. The Labute approximate surface area is 80.6 Å². The van der Waals surface area contributed by atoms with Gasteiger partial charge in [-0.3, -0.25) is 0 Å². The summed E-state index contributed by atoms with van der Waals surface area (Å²) >= 11 is 0. The summed E-state index contributed by atoms with van der Waals surface area (Å²) in [6.07, 6.45) is 1.60. The standard InChI is InChI=1S/C10H9FN2O/c1-14-10-12-6-9(13-10)7-3-2-4-8(11)5-7/h2-6H,1H3,(H,12,13). The van der Waals surface area contributed by atoms with Crippen LogP contribution in [0.4, 0.5) is 4.39 Å². The van der Waals surface area contributed by atoms with Crippen molar-refractivity contribution in [3.63, 3.8) is 0 Å². The molecule has 0 saturated heterocycles. The van der Waals surface area contributed by atoms with Crippen LogP contribution in [0.2, 0.25) is 0 Å². The fraction of sp³-hybridized carbons (Fsp3) is 0.100. The van der Waals surface area contributed by atoms with Gasteiger partial charge in [-0.25, -0.2) is 9.37 Å². The zero-order valence-electron chi connectivity index (χ0n) is 7.62. The molecule has 1 aromatic carbocycles. The van der Waals surface area contributed by atoms with Gasteiger partial charge in [0.15, 0.2) is 0 Å². The number of ether oxygens (including phenoxy) is 1. The van der Waals surface area contributed by atoms with E-state index >= 15 is 0 Å². The van der Waals surface area contributed by atoms with E-state index in [1.807, 2.05) is 0 Å². The molecule has 2 aromatic rings. The molecule has 0 radical (unpaired) electrons. The highest BCUT2D eigenvalue weighted by Gasteiger charge is 2.03. The third-order valence-corrected chi connectivity index (χ3v) is 1.88. The van der Waals surface area contributed by atoms with Crippen molar-refractivity contribution in [3.05, 3.63) is 36.3 Å². The van der Waals surface area contributed by atoms with Crippen LogP contribution in [0.3, 0.4) is 0 Å². The molecule has 0 atom stereocenters. The maximum absolute atomic E-state index is 12.9. The molecule has 14 heavy (non-hydrogen) atoms. The van der Waals surface area contributed by atoms with Gasteiger partial charge in [-0.15, -0.1) is 0 Å². The predicted octanol–water partition coefficient (Wildman–Crippen LogP) is 2.22. The molecule has 0 fully saturated rings. The first-order valence-corrected chi connectivity index (χ1v) is 4.14. The van der Waals surface area contributed by atoms with Crippen molar-refractivity contribution in [3.8, 4) is 17.3 Å². The number of methoxy groups -OCH3 is 1. The Morgan fingerprint density at radius 3 is 2.93 bits per heavy atom. The van der Waals surface area contributed by atoms with Crippen molar-refractivity contribution in [1.82, 2.24) is 9.97 Å². The lowest BCUT2D eigenvalue weighted by Crippen LogP contribution is -1.84. The van der Waals surface area contributed by atoms with Gasteiger partial charge in [0, 0.05) is 5.56 Å². The van der Waals surface area contributed by atoms with E-state index in [0.717, 1.165) is 11.3 Å². The van der Waals surface area contributed by atoms with Crippen molar-refractivity contribution in [2.45, 2.75) is 0 Å². The first-order valence-electron chi connectivity index (χ1n) is 4.14. The van der Waals surface area contributed by atoms with Crippen molar-refractivity contribution < 1.29 is 9.13 Å². The number of halogens is 1. The number of rotatable bonds is 2. The average Bonchev–Trinajstić information content (AvgIpc) is 2.66. The minimum absolute atomic E-state index is 0.268. The van der Waals surface area contributed by atoms with Gasteiger partial charge in [-0.2, -0.15) is 0 Å². The number of H-pyrrole nitrogens is 1. The molecule has 0 aliphatic carbocycles. The first kappa shape index (κ1) is 8.74. The maximum Gasteiger partial charge on any atom is 0.293 e. The van der Waals surface area contributed by atoms with Crippen LogP contribution in [0.5, 0.6) is 6.01 Å². The summed E-state index contributed by atoms with van der Waals surface area (Å²) in [5.74, 6) is -0.268. The third kappa shape index (κ3) is 1.59. The summed E-state index contributed by atoms with van der Waals surface area (Å²) in [7, 11) is 1.52. The lowest BCUT2D eigenvalue weighted by Gasteiger charge is -1.96. The Morgan fingerprint density at radius 1 is 1.43 bits per heavy atom. The first-order chi connectivity index (χ1) is 6.79. The van der Waals surface area contributed by atoms with E-state index in [2.05, 4.69) is 9.97 Å².